The fourth-order valence-corrected chi connectivity index (χ4v) is 2.78. The molecule has 1 saturated heterocycles. The first kappa shape index (κ1) is 18.8. The van der Waals surface area contributed by atoms with E-state index < -0.39 is 12.0 Å². The molecule has 0 atom stereocenters. The molecule has 0 radical (unpaired) electrons. The van der Waals surface area contributed by atoms with Crippen LogP contribution in [0.25, 0.3) is 0 Å². The Balaban J connectivity index is 1.94. The predicted octanol–water partition coefficient (Wildman–Crippen LogP) is 2.46. The second kappa shape index (κ2) is 8.50. The van der Waals surface area contributed by atoms with Crippen LogP contribution in [0.1, 0.15) is 42.1 Å². The first-order valence-electron chi connectivity index (χ1n) is 8.53. The highest BCUT2D eigenvalue weighted by Gasteiger charge is 2.21. The molecule has 3 N–H and O–H groups in total. The van der Waals surface area contributed by atoms with Crippen molar-refractivity contribution in [3.05, 3.63) is 29.3 Å². The molecule has 1 heterocycles. The van der Waals surface area contributed by atoms with Crippen molar-refractivity contribution in [2.24, 2.45) is 5.92 Å². The monoisotopic (exact) mass is 347 g/mol. The molecule has 1 aromatic rings. The molecule has 1 aliphatic heterocycles. The topological polar surface area (TPSA) is 98.7 Å². The van der Waals surface area contributed by atoms with E-state index in [9.17, 15) is 14.4 Å². The van der Waals surface area contributed by atoms with Gasteiger partial charge >= 0.3 is 12.0 Å². The molecule has 1 aliphatic rings. The summed E-state index contributed by atoms with van der Waals surface area (Å²) >= 11 is 0. The lowest BCUT2D eigenvalue weighted by Crippen LogP contribution is -2.38. The molecule has 0 unspecified atom stereocenters. The summed E-state index contributed by atoms with van der Waals surface area (Å²) in [6.45, 7) is 5.65. The van der Waals surface area contributed by atoms with Gasteiger partial charge in [0.05, 0.1) is 6.42 Å². The van der Waals surface area contributed by atoms with E-state index in [1.807, 2.05) is 11.8 Å². The van der Waals surface area contributed by atoms with Gasteiger partial charge in [-0.3, -0.25) is 9.59 Å². The van der Waals surface area contributed by atoms with Gasteiger partial charge in [0, 0.05) is 30.9 Å². The summed E-state index contributed by atoms with van der Waals surface area (Å²) in [6, 6.07) is 4.72. The minimum absolute atomic E-state index is 0.0208. The van der Waals surface area contributed by atoms with Gasteiger partial charge in [0.1, 0.15) is 0 Å². The smallest absolute Gasteiger partial charge is 0.319 e. The highest BCUT2D eigenvalue weighted by molar-refractivity contribution is 5.96. The Morgan fingerprint density at radius 2 is 1.92 bits per heavy atom. The Bertz CT molecular complexity index is 652. The largest absolute Gasteiger partial charge is 0.481 e. The second-order valence-electron chi connectivity index (χ2n) is 6.53. The van der Waals surface area contributed by atoms with E-state index in [-0.39, 0.29) is 18.9 Å². The number of rotatable bonds is 5. The van der Waals surface area contributed by atoms with Gasteiger partial charge < -0.3 is 20.6 Å². The normalized spacial score (nSPS) is 14.9. The zero-order valence-corrected chi connectivity index (χ0v) is 14.7. The number of nitrogens with one attached hydrogen (secondary N) is 2. The fourth-order valence-electron chi connectivity index (χ4n) is 2.78. The van der Waals surface area contributed by atoms with E-state index in [0.29, 0.717) is 17.2 Å². The molecule has 1 aromatic carbocycles. The molecule has 0 spiro atoms. The van der Waals surface area contributed by atoms with E-state index >= 15 is 0 Å². The van der Waals surface area contributed by atoms with Crippen LogP contribution in [0.15, 0.2) is 18.2 Å². The maximum atomic E-state index is 12.6. The number of amides is 3. The van der Waals surface area contributed by atoms with Crippen molar-refractivity contribution >= 4 is 23.6 Å². The minimum Gasteiger partial charge on any atom is -0.481 e. The summed E-state index contributed by atoms with van der Waals surface area (Å²) < 4.78 is 0. The molecule has 0 aliphatic carbocycles. The number of carbonyl (C=O) groups is 3. The standard InChI is InChI=1S/C18H25N3O4/c1-12-6-9-21(10-7-12)17(24)14-3-4-15(13(2)11-14)20-18(25)19-8-5-16(22)23/h3-4,11-12H,5-10H2,1-2H3,(H,22,23)(H2,19,20,25). The Morgan fingerprint density at radius 3 is 2.52 bits per heavy atom. The van der Waals surface area contributed by atoms with Gasteiger partial charge in [-0.2, -0.15) is 0 Å². The highest BCUT2D eigenvalue weighted by atomic mass is 16.4. The number of carboxylic acid groups (broad SMARTS) is 1. The molecule has 7 heteroatoms. The first-order valence-corrected chi connectivity index (χ1v) is 8.53. The van der Waals surface area contributed by atoms with Crippen molar-refractivity contribution in [3.8, 4) is 0 Å². The van der Waals surface area contributed by atoms with E-state index in [2.05, 4.69) is 17.6 Å². The van der Waals surface area contributed by atoms with E-state index in [4.69, 9.17) is 5.11 Å². The summed E-state index contributed by atoms with van der Waals surface area (Å²) in [4.78, 5) is 36.6. The number of aryl methyl sites for hydroxylation is 1. The van der Waals surface area contributed by atoms with E-state index in [0.717, 1.165) is 31.5 Å². The van der Waals surface area contributed by atoms with Crippen LogP contribution in [0.2, 0.25) is 0 Å². The van der Waals surface area contributed by atoms with Gasteiger partial charge in [-0.1, -0.05) is 6.92 Å². The van der Waals surface area contributed by atoms with Crippen LogP contribution in [-0.2, 0) is 4.79 Å². The number of benzene rings is 1. The van der Waals surface area contributed by atoms with Crippen molar-refractivity contribution < 1.29 is 19.5 Å². The molecule has 25 heavy (non-hydrogen) atoms. The molecule has 136 valence electrons. The SMILES string of the molecule is Cc1cc(C(=O)N2CCC(C)CC2)ccc1NC(=O)NCCC(=O)O. The van der Waals surface area contributed by atoms with Gasteiger partial charge in [-0.15, -0.1) is 0 Å². The first-order chi connectivity index (χ1) is 11.9. The van der Waals surface area contributed by atoms with Crippen molar-refractivity contribution in [2.75, 3.05) is 25.0 Å². The predicted molar refractivity (Wildman–Crippen MR) is 94.8 cm³/mol. The zero-order valence-electron chi connectivity index (χ0n) is 14.7. The number of hydrogen-bond donors (Lipinski definition) is 3. The summed E-state index contributed by atoms with van der Waals surface area (Å²) in [5.74, 6) is -0.282. The summed E-state index contributed by atoms with van der Waals surface area (Å²) in [7, 11) is 0. The van der Waals surface area contributed by atoms with Crippen LogP contribution in [0.3, 0.4) is 0 Å². The molecular formula is C18H25N3O4. The average Bonchev–Trinajstić information content (AvgIpc) is 2.56. The zero-order chi connectivity index (χ0) is 18.4. The molecule has 0 aromatic heterocycles. The number of piperidine rings is 1. The molecule has 1 fully saturated rings. The summed E-state index contributed by atoms with van der Waals surface area (Å²) in [6.07, 6.45) is 1.93. The van der Waals surface area contributed by atoms with Crippen molar-refractivity contribution in [1.82, 2.24) is 10.2 Å². The average molecular weight is 347 g/mol. The van der Waals surface area contributed by atoms with Crippen LogP contribution in [-0.4, -0.2) is 47.5 Å². The maximum absolute atomic E-state index is 12.6. The van der Waals surface area contributed by atoms with Crippen LogP contribution in [0.5, 0.6) is 0 Å². The number of nitrogens with zero attached hydrogens (tertiary/aromatic N) is 1. The summed E-state index contributed by atoms with van der Waals surface area (Å²) in [5, 5.41) is 13.7. The van der Waals surface area contributed by atoms with Gasteiger partial charge in [0.25, 0.3) is 5.91 Å². The number of anilines is 1. The number of aliphatic carboxylic acids is 1. The number of likely N-dealkylation sites (tertiary alicyclic amines) is 1. The van der Waals surface area contributed by atoms with Gasteiger partial charge in [0.2, 0.25) is 0 Å². The highest BCUT2D eigenvalue weighted by Crippen LogP contribution is 2.21. The molecule has 0 saturated carbocycles. The van der Waals surface area contributed by atoms with Crippen LogP contribution >= 0.6 is 0 Å². The van der Waals surface area contributed by atoms with Gasteiger partial charge in [-0.05, 0) is 49.4 Å². The lowest BCUT2D eigenvalue weighted by atomic mass is 9.98. The number of carbonyl (C=O) groups excluding carboxylic acids is 2. The van der Waals surface area contributed by atoms with Crippen molar-refractivity contribution in [1.29, 1.82) is 0 Å². The third kappa shape index (κ3) is 5.48. The Kier molecular flexibility index (Phi) is 6.38. The number of hydrogen-bond acceptors (Lipinski definition) is 3. The number of carboxylic acids is 1. The fraction of sp³-hybridized carbons (Fsp3) is 0.500. The lowest BCUT2D eigenvalue weighted by Gasteiger charge is -2.30. The molecule has 2 rings (SSSR count). The van der Waals surface area contributed by atoms with Gasteiger partial charge in [0.15, 0.2) is 0 Å². The lowest BCUT2D eigenvalue weighted by molar-refractivity contribution is -0.136. The van der Waals surface area contributed by atoms with Crippen molar-refractivity contribution in [3.63, 3.8) is 0 Å². The molecule has 7 nitrogen and oxygen atoms in total. The van der Waals surface area contributed by atoms with Crippen LogP contribution in [0, 0.1) is 12.8 Å². The van der Waals surface area contributed by atoms with E-state index in [1.54, 1.807) is 18.2 Å². The quantitative estimate of drug-likeness (QED) is 0.762. The van der Waals surface area contributed by atoms with Crippen molar-refractivity contribution in [2.45, 2.75) is 33.1 Å². The summed E-state index contributed by atoms with van der Waals surface area (Å²) in [5.41, 5.74) is 1.99. The van der Waals surface area contributed by atoms with E-state index in [1.165, 1.54) is 0 Å². The second-order valence-corrected chi connectivity index (χ2v) is 6.53. The molecule has 3 amide bonds. The van der Waals surface area contributed by atoms with Crippen LogP contribution in [0.4, 0.5) is 10.5 Å². The molecule has 0 bridgehead atoms. The Hall–Kier alpha value is -2.57. The number of urea groups is 1. The van der Waals surface area contributed by atoms with Gasteiger partial charge in [-0.25, -0.2) is 4.79 Å². The van der Waals surface area contributed by atoms with Crippen LogP contribution < -0.4 is 10.6 Å². The third-order valence-electron chi connectivity index (χ3n) is 4.42. The third-order valence-corrected chi connectivity index (χ3v) is 4.42. The Morgan fingerprint density at radius 1 is 1.24 bits per heavy atom. The molecular weight excluding hydrogens is 322 g/mol. The Labute approximate surface area is 147 Å². The maximum Gasteiger partial charge on any atom is 0.319 e. The minimum atomic E-state index is -0.966.